The molecule has 2 aromatic carbocycles. The number of ether oxygens (including phenoxy) is 4. The van der Waals surface area contributed by atoms with E-state index in [1.165, 1.54) is 7.11 Å². The molecule has 1 saturated carbocycles. The first-order chi connectivity index (χ1) is 15.4. The topological polar surface area (TPSA) is 71.1 Å². The molecule has 6 heteroatoms. The van der Waals surface area contributed by atoms with E-state index in [1.807, 2.05) is 24.3 Å². The lowest BCUT2D eigenvalue weighted by Crippen LogP contribution is -2.41. The molecule has 0 heterocycles. The van der Waals surface area contributed by atoms with Gasteiger partial charge in [-0.3, -0.25) is 4.79 Å². The molecule has 0 aromatic heterocycles. The molecule has 0 aliphatic heterocycles. The molecule has 2 aromatic rings. The number of hydrogen-bond donors (Lipinski definition) is 0. The van der Waals surface area contributed by atoms with Crippen molar-refractivity contribution in [2.24, 2.45) is 0 Å². The molecule has 0 saturated heterocycles. The van der Waals surface area contributed by atoms with Gasteiger partial charge >= 0.3 is 5.97 Å². The van der Waals surface area contributed by atoms with Gasteiger partial charge in [0.15, 0.2) is 22.9 Å². The van der Waals surface area contributed by atoms with Crippen molar-refractivity contribution in [3.8, 4) is 28.4 Å². The predicted octanol–water partition coefficient (Wildman–Crippen LogP) is 5.14. The van der Waals surface area contributed by atoms with Gasteiger partial charge in [0.25, 0.3) is 0 Å². The maximum Gasteiger partial charge on any atom is 0.350 e. The summed E-state index contributed by atoms with van der Waals surface area (Å²) in [5, 5.41) is 0. The highest BCUT2D eigenvalue weighted by Crippen LogP contribution is 2.48. The summed E-state index contributed by atoms with van der Waals surface area (Å²) in [4.78, 5) is 25.3. The molecule has 0 radical (unpaired) electrons. The smallest absolute Gasteiger partial charge is 0.350 e. The molecule has 0 spiro atoms. The van der Waals surface area contributed by atoms with Crippen LogP contribution in [0.1, 0.15) is 61.9 Å². The third-order valence-electron chi connectivity index (χ3n) is 6.29. The van der Waals surface area contributed by atoms with Gasteiger partial charge in [-0.05, 0) is 69.2 Å². The quantitative estimate of drug-likeness (QED) is 0.557. The van der Waals surface area contributed by atoms with Crippen molar-refractivity contribution in [1.82, 2.24) is 0 Å². The molecule has 0 N–H and O–H groups in total. The largest absolute Gasteiger partial charge is 0.493 e. The van der Waals surface area contributed by atoms with Crippen LogP contribution in [-0.2, 0) is 16.0 Å². The molecule has 170 valence electrons. The Labute approximate surface area is 188 Å². The van der Waals surface area contributed by atoms with Crippen molar-refractivity contribution >= 4 is 11.8 Å². The van der Waals surface area contributed by atoms with E-state index in [0.717, 1.165) is 47.9 Å². The minimum atomic E-state index is -1.25. The van der Waals surface area contributed by atoms with E-state index in [0.29, 0.717) is 30.1 Å². The van der Waals surface area contributed by atoms with Gasteiger partial charge in [-0.2, -0.15) is 0 Å². The van der Waals surface area contributed by atoms with Crippen LogP contribution < -0.4 is 14.2 Å². The Kier molecular flexibility index (Phi) is 6.13. The summed E-state index contributed by atoms with van der Waals surface area (Å²) in [6, 6.07) is 9.39. The van der Waals surface area contributed by atoms with Crippen LogP contribution in [0.25, 0.3) is 11.1 Å². The van der Waals surface area contributed by atoms with Gasteiger partial charge < -0.3 is 18.9 Å². The summed E-state index contributed by atoms with van der Waals surface area (Å²) >= 11 is 0. The van der Waals surface area contributed by atoms with Crippen molar-refractivity contribution in [2.45, 2.75) is 64.1 Å². The normalized spacial score (nSPS) is 16.1. The highest BCUT2D eigenvalue weighted by Gasteiger charge is 2.37. The van der Waals surface area contributed by atoms with Gasteiger partial charge in [0.2, 0.25) is 5.75 Å². The lowest BCUT2D eigenvalue weighted by molar-refractivity contribution is -0.164. The highest BCUT2D eigenvalue weighted by atomic mass is 16.6. The third kappa shape index (κ3) is 4.06. The maximum atomic E-state index is 13.0. The Morgan fingerprint density at radius 3 is 2.31 bits per heavy atom. The molecule has 0 atom stereocenters. The van der Waals surface area contributed by atoms with E-state index in [4.69, 9.17) is 18.9 Å². The number of carbonyl (C=O) groups is 2. The number of rotatable bonds is 7. The predicted molar refractivity (Wildman–Crippen MR) is 121 cm³/mol. The van der Waals surface area contributed by atoms with Crippen LogP contribution in [0.2, 0.25) is 0 Å². The minimum Gasteiger partial charge on any atom is -0.493 e. The van der Waals surface area contributed by atoms with Crippen LogP contribution in [-0.4, -0.2) is 37.7 Å². The first kappa shape index (κ1) is 22.2. The summed E-state index contributed by atoms with van der Waals surface area (Å²) in [5.41, 5.74) is 2.12. The molecular weight excluding hydrogens is 408 g/mol. The minimum absolute atomic E-state index is 0.0551. The zero-order valence-electron chi connectivity index (χ0n) is 19.2. The number of fused-ring (bicyclic) bond motifs is 1. The fourth-order valence-electron chi connectivity index (χ4n) is 4.55. The fraction of sp³-hybridized carbons (Fsp3) is 0.462. The Morgan fingerprint density at radius 2 is 1.62 bits per heavy atom. The van der Waals surface area contributed by atoms with Gasteiger partial charge in [0, 0.05) is 17.5 Å². The van der Waals surface area contributed by atoms with E-state index >= 15 is 0 Å². The maximum absolute atomic E-state index is 13.0. The lowest BCUT2D eigenvalue weighted by atomic mass is 9.95. The zero-order chi connectivity index (χ0) is 22.9. The van der Waals surface area contributed by atoms with Crippen LogP contribution in [0.3, 0.4) is 0 Å². The summed E-state index contributed by atoms with van der Waals surface area (Å²) in [5.74, 6) is 1.02. The Hall–Kier alpha value is -3.02. The molecule has 0 unspecified atom stereocenters. The van der Waals surface area contributed by atoms with Crippen molar-refractivity contribution in [3.05, 3.63) is 41.5 Å². The van der Waals surface area contributed by atoms with Crippen LogP contribution in [0.5, 0.6) is 17.2 Å². The third-order valence-corrected chi connectivity index (χ3v) is 6.29. The van der Waals surface area contributed by atoms with Gasteiger partial charge in [-0.1, -0.05) is 18.2 Å². The molecule has 32 heavy (non-hydrogen) atoms. The zero-order valence-corrected chi connectivity index (χ0v) is 19.2. The monoisotopic (exact) mass is 438 g/mol. The van der Waals surface area contributed by atoms with Crippen molar-refractivity contribution < 1.29 is 28.5 Å². The fourth-order valence-corrected chi connectivity index (χ4v) is 4.55. The van der Waals surface area contributed by atoms with Crippen LogP contribution in [0, 0.1) is 0 Å². The number of hydrogen-bond acceptors (Lipinski definition) is 6. The molecule has 0 amide bonds. The number of methoxy groups -OCH3 is 2. The van der Waals surface area contributed by atoms with Crippen LogP contribution in [0.4, 0.5) is 0 Å². The number of carbonyl (C=O) groups excluding carboxylic acids is 2. The second-order valence-electron chi connectivity index (χ2n) is 8.86. The number of benzene rings is 2. The molecular formula is C26H30O6. The van der Waals surface area contributed by atoms with Crippen molar-refractivity contribution in [1.29, 1.82) is 0 Å². The second-order valence-corrected chi connectivity index (χ2v) is 8.86. The SMILES string of the molecule is COc1ccc(-c2cccc3c2CCC3=O)c(OC(C)(C)C(=O)OC2CCCC2)c1OC. The molecule has 0 bridgehead atoms. The van der Waals surface area contributed by atoms with E-state index < -0.39 is 11.6 Å². The van der Waals surface area contributed by atoms with Gasteiger partial charge in [-0.25, -0.2) is 4.79 Å². The van der Waals surface area contributed by atoms with Crippen molar-refractivity contribution in [2.75, 3.05) is 14.2 Å². The Balaban J connectivity index is 1.77. The first-order valence-electron chi connectivity index (χ1n) is 11.2. The van der Waals surface area contributed by atoms with Crippen LogP contribution in [0.15, 0.2) is 30.3 Å². The molecule has 2 aliphatic rings. The second kappa shape index (κ2) is 8.85. The number of Topliss-reactive ketones (excluding diaryl/α,β-unsaturated/α-hetero) is 1. The molecule has 6 nitrogen and oxygen atoms in total. The molecule has 4 rings (SSSR count). The first-order valence-corrected chi connectivity index (χ1v) is 11.2. The van der Waals surface area contributed by atoms with Gasteiger partial charge in [0.1, 0.15) is 6.10 Å². The summed E-state index contributed by atoms with van der Waals surface area (Å²) in [6.45, 7) is 3.40. The van der Waals surface area contributed by atoms with Gasteiger partial charge in [-0.15, -0.1) is 0 Å². The average molecular weight is 439 g/mol. The van der Waals surface area contributed by atoms with E-state index in [9.17, 15) is 9.59 Å². The average Bonchev–Trinajstić information content (AvgIpc) is 3.43. The van der Waals surface area contributed by atoms with E-state index in [2.05, 4.69) is 0 Å². The highest BCUT2D eigenvalue weighted by molar-refractivity contribution is 6.02. The number of esters is 1. The lowest BCUT2D eigenvalue weighted by Gasteiger charge is -2.29. The van der Waals surface area contributed by atoms with Crippen molar-refractivity contribution in [3.63, 3.8) is 0 Å². The molecule has 2 aliphatic carbocycles. The summed E-state index contributed by atoms with van der Waals surface area (Å²) in [7, 11) is 3.09. The summed E-state index contributed by atoms with van der Waals surface area (Å²) in [6.07, 6.45) is 5.04. The van der Waals surface area contributed by atoms with Gasteiger partial charge in [0.05, 0.1) is 14.2 Å². The summed E-state index contributed by atoms with van der Waals surface area (Å²) < 4.78 is 23.2. The number of ketones is 1. The van der Waals surface area contributed by atoms with E-state index in [1.54, 1.807) is 27.0 Å². The Morgan fingerprint density at radius 1 is 0.906 bits per heavy atom. The van der Waals surface area contributed by atoms with E-state index in [-0.39, 0.29) is 11.9 Å². The Bertz CT molecular complexity index is 1030. The standard InChI is InChI=1S/C26H30O6/c1-26(2,25(28)31-16-8-5-6-9-16)32-23-20(13-15-22(29-3)24(23)30-4)17-10-7-11-19-18(17)12-14-21(19)27/h7,10-11,13,15-16H,5-6,8-9,12,14H2,1-4H3. The molecule has 1 fully saturated rings. The van der Waals surface area contributed by atoms with Crippen LogP contribution >= 0.6 is 0 Å².